The second-order valence-corrected chi connectivity index (χ2v) is 9.39. The summed E-state index contributed by atoms with van der Waals surface area (Å²) in [5, 5.41) is 11.1. The number of ether oxygens (including phenoxy) is 2. The predicted octanol–water partition coefficient (Wildman–Crippen LogP) is 1.69. The SMILES string of the molecule is COC(=O)Cn1c(=NC(=O)CS(=O)(=O)c2ccc(OC)cc2)sc2ccc([N+](=O)[O-])cc21. The molecule has 0 aliphatic heterocycles. The topological polar surface area (TPSA) is 147 Å². The number of carbonyl (C=O) groups excluding carboxylic acids is 2. The van der Waals surface area contributed by atoms with Gasteiger partial charge in [-0.1, -0.05) is 11.3 Å². The molecule has 168 valence electrons. The number of aromatic nitrogens is 1. The van der Waals surface area contributed by atoms with Crippen molar-refractivity contribution < 1.29 is 32.4 Å². The van der Waals surface area contributed by atoms with Gasteiger partial charge in [0.15, 0.2) is 14.6 Å². The Bertz CT molecular complexity index is 1370. The van der Waals surface area contributed by atoms with Crippen molar-refractivity contribution in [2.45, 2.75) is 11.4 Å². The fraction of sp³-hybridized carbons (Fsp3) is 0.211. The number of nitro benzene ring substituents is 1. The number of amides is 1. The molecule has 0 atom stereocenters. The van der Waals surface area contributed by atoms with Crippen LogP contribution in [0.4, 0.5) is 5.69 Å². The molecule has 0 spiro atoms. The molecule has 0 saturated heterocycles. The molecule has 0 unspecified atom stereocenters. The van der Waals surface area contributed by atoms with E-state index in [1.165, 1.54) is 61.3 Å². The highest BCUT2D eigenvalue weighted by Gasteiger charge is 2.20. The van der Waals surface area contributed by atoms with Crippen LogP contribution in [0.2, 0.25) is 0 Å². The zero-order valence-electron chi connectivity index (χ0n) is 16.9. The summed E-state index contributed by atoms with van der Waals surface area (Å²) in [4.78, 5) is 38.6. The molecule has 13 heteroatoms. The summed E-state index contributed by atoms with van der Waals surface area (Å²) in [7, 11) is -1.37. The van der Waals surface area contributed by atoms with Gasteiger partial charge in [0.2, 0.25) is 0 Å². The molecule has 0 bridgehead atoms. The van der Waals surface area contributed by atoms with Crippen LogP contribution in [0.5, 0.6) is 5.75 Å². The largest absolute Gasteiger partial charge is 0.497 e. The van der Waals surface area contributed by atoms with Crippen LogP contribution in [0.1, 0.15) is 0 Å². The number of nitrogens with zero attached hydrogens (tertiary/aromatic N) is 3. The maximum absolute atomic E-state index is 12.6. The molecule has 0 aliphatic carbocycles. The molecule has 3 aromatic rings. The molecule has 32 heavy (non-hydrogen) atoms. The lowest BCUT2D eigenvalue weighted by molar-refractivity contribution is -0.384. The van der Waals surface area contributed by atoms with Gasteiger partial charge in [-0.05, 0) is 30.3 Å². The van der Waals surface area contributed by atoms with Crippen molar-refractivity contribution in [2.24, 2.45) is 4.99 Å². The van der Waals surface area contributed by atoms with Gasteiger partial charge in [-0.15, -0.1) is 0 Å². The standard InChI is InChI=1S/C19H17N3O8S2/c1-29-13-4-6-14(7-5-13)32(27,28)11-17(23)20-19-21(10-18(24)30-2)15-9-12(22(25)26)3-8-16(15)31-19/h3-9H,10-11H2,1-2H3. The fourth-order valence-electron chi connectivity index (χ4n) is 2.77. The second-order valence-electron chi connectivity index (χ2n) is 6.40. The van der Waals surface area contributed by atoms with E-state index in [9.17, 15) is 28.1 Å². The van der Waals surface area contributed by atoms with Crippen molar-refractivity contribution in [3.05, 3.63) is 57.4 Å². The van der Waals surface area contributed by atoms with Crippen molar-refractivity contribution in [3.63, 3.8) is 0 Å². The number of nitro groups is 1. The molecule has 1 amide bonds. The zero-order valence-corrected chi connectivity index (χ0v) is 18.5. The fourth-order valence-corrected chi connectivity index (χ4v) is 4.90. The van der Waals surface area contributed by atoms with Crippen molar-refractivity contribution in [1.82, 2.24) is 4.57 Å². The van der Waals surface area contributed by atoms with Gasteiger partial charge in [-0.25, -0.2) is 8.42 Å². The number of methoxy groups -OCH3 is 2. The van der Waals surface area contributed by atoms with Crippen LogP contribution in [0.25, 0.3) is 10.2 Å². The molecule has 3 rings (SSSR count). The van der Waals surface area contributed by atoms with Gasteiger partial charge in [-0.2, -0.15) is 4.99 Å². The van der Waals surface area contributed by atoms with E-state index in [0.29, 0.717) is 16.0 Å². The number of esters is 1. The minimum absolute atomic E-state index is 0.0147. The van der Waals surface area contributed by atoms with Crippen molar-refractivity contribution >= 4 is 49.0 Å². The quantitative estimate of drug-likeness (QED) is 0.282. The van der Waals surface area contributed by atoms with Crippen LogP contribution in [0.15, 0.2) is 52.4 Å². The van der Waals surface area contributed by atoms with E-state index >= 15 is 0 Å². The van der Waals surface area contributed by atoms with Gasteiger partial charge >= 0.3 is 5.97 Å². The Hall–Kier alpha value is -3.58. The number of benzene rings is 2. The molecule has 0 saturated carbocycles. The van der Waals surface area contributed by atoms with E-state index in [2.05, 4.69) is 9.73 Å². The maximum Gasteiger partial charge on any atom is 0.325 e. The normalized spacial score (nSPS) is 12.0. The average Bonchev–Trinajstić information content (AvgIpc) is 3.09. The Kier molecular flexibility index (Phi) is 6.69. The molecular weight excluding hydrogens is 462 g/mol. The van der Waals surface area contributed by atoms with Gasteiger partial charge in [0.05, 0.1) is 34.3 Å². The molecule has 11 nitrogen and oxygen atoms in total. The van der Waals surface area contributed by atoms with Crippen molar-refractivity contribution in [1.29, 1.82) is 0 Å². The first-order chi connectivity index (χ1) is 15.1. The molecule has 1 aromatic heterocycles. The lowest BCUT2D eigenvalue weighted by atomic mass is 10.3. The van der Waals surface area contributed by atoms with Crippen LogP contribution in [0.3, 0.4) is 0 Å². The summed E-state index contributed by atoms with van der Waals surface area (Å²) in [5.41, 5.74) is 0.0769. The summed E-state index contributed by atoms with van der Waals surface area (Å²) < 4.78 is 36.5. The number of non-ortho nitro benzene ring substituents is 1. The van der Waals surface area contributed by atoms with Gasteiger partial charge in [0, 0.05) is 12.1 Å². The number of thiazole rings is 1. The molecule has 2 aromatic carbocycles. The summed E-state index contributed by atoms with van der Waals surface area (Å²) >= 11 is 0.986. The highest BCUT2D eigenvalue weighted by atomic mass is 32.2. The molecule has 1 heterocycles. The smallest absolute Gasteiger partial charge is 0.325 e. The minimum atomic E-state index is -3.98. The average molecular weight is 479 g/mol. The van der Waals surface area contributed by atoms with E-state index < -0.39 is 32.4 Å². The van der Waals surface area contributed by atoms with E-state index in [1.54, 1.807) is 0 Å². The Balaban J connectivity index is 2.01. The van der Waals surface area contributed by atoms with Crippen LogP contribution in [-0.4, -0.2) is 49.8 Å². The zero-order chi connectivity index (χ0) is 23.5. The van der Waals surface area contributed by atoms with E-state index in [4.69, 9.17) is 4.74 Å². The minimum Gasteiger partial charge on any atom is -0.497 e. The number of hydrogen-bond acceptors (Lipinski definition) is 9. The molecule has 0 aliphatic rings. The van der Waals surface area contributed by atoms with Crippen molar-refractivity contribution in [3.8, 4) is 5.75 Å². The first kappa shape index (κ1) is 23.1. The van der Waals surface area contributed by atoms with E-state index in [0.717, 1.165) is 11.3 Å². The predicted molar refractivity (Wildman–Crippen MR) is 114 cm³/mol. The van der Waals surface area contributed by atoms with Crippen LogP contribution in [-0.2, 0) is 30.7 Å². The lowest BCUT2D eigenvalue weighted by Crippen LogP contribution is -2.24. The third kappa shape index (κ3) is 5.00. The Morgan fingerprint density at radius 2 is 1.84 bits per heavy atom. The Morgan fingerprint density at radius 3 is 2.44 bits per heavy atom. The van der Waals surface area contributed by atoms with Gasteiger partial charge < -0.3 is 14.0 Å². The van der Waals surface area contributed by atoms with Gasteiger partial charge in [-0.3, -0.25) is 19.7 Å². The summed E-state index contributed by atoms with van der Waals surface area (Å²) in [6.45, 7) is -0.366. The first-order valence-electron chi connectivity index (χ1n) is 8.93. The number of sulfone groups is 1. The number of hydrogen-bond donors (Lipinski definition) is 0. The lowest BCUT2D eigenvalue weighted by Gasteiger charge is -2.05. The Morgan fingerprint density at radius 1 is 1.16 bits per heavy atom. The molecular formula is C19H17N3O8S2. The first-order valence-corrected chi connectivity index (χ1v) is 11.4. The van der Waals surface area contributed by atoms with Gasteiger partial charge in [0.25, 0.3) is 11.6 Å². The summed E-state index contributed by atoms with van der Waals surface area (Å²) in [6.07, 6.45) is 0. The van der Waals surface area contributed by atoms with Crippen LogP contribution >= 0.6 is 11.3 Å². The third-order valence-electron chi connectivity index (χ3n) is 4.34. The van der Waals surface area contributed by atoms with E-state index in [1.807, 2.05) is 0 Å². The van der Waals surface area contributed by atoms with Crippen molar-refractivity contribution in [2.75, 3.05) is 20.0 Å². The van der Waals surface area contributed by atoms with Crippen LogP contribution in [0, 0.1) is 10.1 Å². The third-order valence-corrected chi connectivity index (χ3v) is 7.02. The number of fused-ring (bicyclic) bond motifs is 1. The number of rotatable bonds is 7. The van der Waals surface area contributed by atoms with E-state index in [-0.39, 0.29) is 21.9 Å². The molecule has 0 fully saturated rings. The molecule has 0 N–H and O–H groups in total. The summed E-state index contributed by atoms with van der Waals surface area (Å²) in [6, 6.07) is 9.53. The van der Waals surface area contributed by atoms with Gasteiger partial charge in [0.1, 0.15) is 18.0 Å². The molecule has 0 radical (unpaired) electrons. The Labute approximate surface area is 185 Å². The number of carbonyl (C=O) groups is 2. The van der Waals surface area contributed by atoms with Crippen LogP contribution < -0.4 is 9.54 Å². The monoisotopic (exact) mass is 479 g/mol. The second kappa shape index (κ2) is 9.28. The highest BCUT2D eigenvalue weighted by molar-refractivity contribution is 7.92. The highest BCUT2D eigenvalue weighted by Crippen LogP contribution is 2.23. The summed E-state index contributed by atoms with van der Waals surface area (Å²) in [5.74, 6) is -2.06. The maximum atomic E-state index is 12.6.